The molecule has 1 aliphatic carbocycles. The zero-order chi connectivity index (χ0) is 25.6. The van der Waals surface area contributed by atoms with Crippen molar-refractivity contribution in [1.82, 2.24) is 9.80 Å². The maximum absolute atomic E-state index is 14.3. The van der Waals surface area contributed by atoms with Crippen LogP contribution in [0.5, 0.6) is 0 Å². The Morgan fingerprint density at radius 3 is 2.49 bits per heavy atom. The van der Waals surface area contributed by atoms with E-state index in [4.69, 9.17) is 4.74 Å². The molecule has 1 unspecified atom stereocenters. The molecule has 196 valence electrons. The number of rotatable bonds is 5. The minimum atomic E-state index is -1.21. The molecule has 1 saturated carbocycles. The number of fused-ring (bicyclic) bond motifs is 2. The van der Waals surface area contributed by atoms with Crippen LogP contribution in [0.15, 0.2) is 54.6 Å². The van der Waals surface area contributed by atoms with Gasteiger partial charge in [0.25, 0.3) is 0 Å². The van der Waals surface area contributed by atoms with E-state index in [1.54, 1.807) is 9.80 Å². The van der Waals surface area contributed by atoms with Gasteiger partial charge in [-0.15, -0.1) is 0 Å². The number of hydrogen-bond donors (Lipinski definition) is 1. The Balaban J connectivity index is 1.40. The topological polar surface area (TPSA) is 90.4 Å². The predicted molar refractivity (Wildman–Crippen MR) is 137 cm³/mol. The van der Waals surface area contributed by atoms with E-state index in [1.165, 1.54) is 6.42 Å². The molecule has 1 aromatic rings. The number of para-hydroxylation sites is 1. The van der Waals surface area contributed by atoms with Gasteiger partial charge in [0.05, 0.1) is 17.9 Å². The molecule has 4 heterocycles. The number of carbonyl (C=O) groups is 3. The molecule has 4 aliphatic heterocycles. The van der Waals surface area contributed by atoms with Crippen molar-refractivity contribution >= 4 is 23.4 Å². The van der Waals surface area contributed by atoms with Crippen molar-refractivity contribution in [1.29, 1.82) is 0 Å². The monoisotopic (exact) mass is 505 g/mol. The summed E-state index contributed by atoms with van der Waals surface area (Å²) < 4.78 is 6.69. The van der Waals surface area contributed by atoms with E-state index in [-0.39, 0.29) is 36.9 Å². The zero-order valence-electron chi connectivity index (χ0n) is 21.1. The molecule has 37 heavy (non-hydrogen) atoms. The number of anilines is 1. The van der Waals surface area contributed by atoms with Crippen molar-refractivity contribution in [3.8, 4) is 0 Å². The molecule has 8 nitrogen and oxygen atoms in total. The molecule has 0 radical (unpaired) electrons. The number of amides is 3. The first kappa shape index (κ1) is 24.4. The van der Waals surface area contributed by atoms with Crippen LogP contribution in [-0.4, -0.2) is 82.7 Å². The Bertz CT molecular complexity index is 1110. The molecule has 1 spiro atoms. The normalized spacial score (nSPS) is 33.9. The first-order chi connectivity index (χ1) is 18.1. The lowest BCUT2D eigenvalue weighted by Crippen LogP contribution is -2.57. The predicted octanol–water partition coefficient (Wildman–Crippen LogP) is 2.28. The van der Waals surface area contributed by atoms with Crippen molar-refractivity contribution in [3.63, 3.8) is 0 Å². The zero-order valence-corrected chi connectivity index (χ0v) is 21.1. The fraction of sp³-hybridized carbons (Fsp3) is 0.552. The Morgan fingerprint density at radius 1 is 0.946 bits per heavy atom. The molecule has 3 fully saturated rings. The maximum atomic E-state index is 14.3. The molecule has 1 aromatic carbocycles. The molecule has 0 aromatic heterocycles. The van der Waals surface area contributed by atoms with Crippen molar-refractivity contribution in [2.24, 2.45) is 11.8 Å². The third-order valence-corrected chi connectivity index (χ3v) is 8.83. The summed E-state index contributed by atoms with van der Waals surface area (Å²) in [6.45, 7) is 1.05. The number of nitrogens with zero attached hydrogens (tertiary/aromatic N) is 3. The Kier molecular flexibility index (Phi) is 6.41. The lowest BCUT2D eigenvalue weighted by molar-refractivity contribution is -0.149. The standard InChI is InChI=1S/C29H35N3O5/c33-19-9-18-32-25-28(36)31(21-12-5-2-6-13-21)17-8-15-29(25)24(27(32)35)23-22(37-29)14-7-16-30(26(23)34)20-10-3-1-4-11-20/h1,3-4,7-8,10-11,14-15,21-25,33H,2,5-6,9,12-13,16-19H2/t22-,23+,24-,25?,29-/m0/s1. The van der Waals surface area contributed by atoms with Gasteiger partial charge in [0.1, 0.15) is 11.6 Å². The lowest BCUT2D eigenvalue weighted by Gasteiger charge is -2.39. The molecule has 5 aliphatic rings. The number of benzene rings is 1. The highest BCUT2D eigenvalue weighted by atomic mass is 16.5. The number of carbonyl (C=O) groups excluding carboxylic acids is 3. The molecular formula is C29H35N3O5. The maximum Gasteiger partial charge on any atom is 0.249 e. The SMILES string of the molecule is O=C1[C@@H]2[C@H](C=CCN1c1ccccc1)O[C@]13C=CCN(C4CCCCC4)C(=O)C1N(CCCO)C(=O)[C@H]23. The van der Waals surface area contributed by atoms with E-state index in [9.17, 15) is 19.5 Å². The summed E-state index contributed by atoms with van der Waals surface area (Å²) in [5.74, 6) is -2.01. The Morgan fingerprint density at radius 2 is 1.73 bits per heavy atom. The molecule has 8 heteroatoms. The minimum absolute atomic E-state index is 0.0824. The van der Waals surface area contributed by atoms with Crippen LogP contribution in [0.3, 0.4) is 0 Å². The van der Waals surface area contributed by atoms with E-state index >= 15 is 0 Å². The van der Waals surface area contributed by atoms with Gasteiger partial charge in [-0.2, -0.15) is 0 Å². The largest absolute Gasteiger partial charge is 0.396 e. The second-order valence-corrected chi connectivity index (χ2v) is 10.8. The van der Waals surface area contributed by atoms with Crippen LogP contribution in [0.2, 0.25) is 0 Å². The molecule has 1 N–H and O–H groups in total. The van der Waals surface area contributed by atoms with Gasteiger partial charge in [0, 0.05) is 38.0 Å². The second kappa shape index (κ2) is 9.72. The number of aliphatic hydroxyl groups is 1. The van der Waals surface area contributed by atoms with Crippen LogP contribution >= 0.6 is 0 Å². The fourth-order valence-electron chi connectivity index (χ4n) is 7.20. The molecule has 5 atom stereocenters. The van der Waals surface area contributed by atoms with Gasteiger partial charge < -0.3 is 24.5 Å². The first-order valence-electron chi connectivity index (χ1n) is 13.7. The Labute approximate surface area is 217 Å². The van der Waals surface area contributed by atoms with Gasteiger partial charge in [0.15, 0.2) is 0 Å². The minimum Gasteiger partial charge on any atom is -0.396 e. The van der Waals surface area contributed by atoms with Gasteiger partial charge in [0.2, 0.25) is 17.7 Å². The van der Waals surface area contributed by atoms with Crippen LogP contribution in [0.25, 0.3) is 0 Å². The van der Waals surface area contributed by atoms with E-state index in [1.807, 2.05) is 59.5 Å². The van der Waals surface area contributed by atoms with Crippen molar-refractivity contribution in [2.45, 2.75) is 62.3 Å². The van der Waals surface area contributed by atoms with Crippen LogP contribution in [0.4, 0.5) is 5.69 Å². The van der Waals surface area contributed by atoms with Crippen molar-refractivity contribution in [2.75, 3.05) is 31.1 Å². The number of aliphatic hydroxyl groups excluding tert-OH is 1. The third kappa shape index (κ3) is 3.84. The highest BCUT2D eigenvalue weighted by Gasteiger charge is 2.71. The highest BCUT2D eigenvalue weighted by molar-refractivity contribution is 6.03. The van der Waals surface area contributed by atoms with Gasteiger partial charge in [-0.1, -0.05) is 61.8 Å². The average molecular weight is 506 g/mol. The van der Waals surface area contributed by atoms with Gasteiger partial charge in [-0.05, 0) is 31.4 Å². The smallest absolute Gasteiger partial charge is 0.249 e. The van der Waals surface area contributed by atoms with Gasteiger partial charge in [-0.25, -0.2) is 0 Å². The fourth-order valence-corrected chi connectivity index (χ4v) is 7.20. The average Bonchev–Trinajstić information content (AvgIpc) is 3.23. The molecule has 3 amide bonds. The van der Waals surface area contributed by atoms with Gasteiger partial charge >= 0.3 is 0 Å². The van der Waals surface area contributed by atoms with E-state index < -0.39 is 29.6 Å². The summed E-state index contributed by atoms with van der Waals surface area (Å²) >= 11 is 0. The number of likely N-dealkylation sites (tertiary alicyclic amines) is 1. The summed E-state index contributed by atoms with van der Waals surface area (Å²) in [5.41, 5.74) is -0.434. The summed E-state index contributed by atoms with van der Waals surface area (Å²) in [4.78, 5) is 47.7. The molecule has 0 bridgehead atoms. The summed E-state index contributed by atoms with van der Waals surface area (Å²) in [6.07, 6.45) is 12.8. The van der Waals surface area contributed by atoms with Crippen molar-refractivity contribution < 1.29 is 24.2 Å². The summed E-state index contributed by atoms with van der Waals surface area (Å²) in [6, 6.07) is 8.78. The first-order valence-corrected chi connectivity index (χ1v) is 13.7. The number of hydrogen-bond acceptors (Lipinski definition) is 5. The highest BCUT2D eigenvalue weighted by Crippen LogP contribution is 2.53. The van der Waals surface area contributed by atoms with Crippen molar-refractivity contribution in [3.05, 3.63) is 54.6 Å². The van der Waals surface area contributed by atoms with E-state index in [0.29, 0.717) is 19.5 Å². The van der Waals surface area contributed by atoms with Crippen LogP contribution in [-0.2, 0) is 19.1 Å². The van der Waals surface area contributed by atoms with Crippen LogP contribution in [0, 0.1) is 11.8 Å². The van der Waals surface area contributed by atoms with Gasteiger partial charge in [-0.3, -0.25) is 14.4 Å². The quantitative estimate of drug-likeness (QED) is 0.621. The summed E-state index contributed by atoms with van der Waals surface area (Å²) in [7, 11) is 0. The molecular weight excluding hydrogens is 470 g/mol. The van der Waals surface area contributed by atoms with E-state index in [0.717, 1.165) is 31.4 Å². The third-order valence-electron chi connectivity index (χ3n) is 8.83. The second-order valence-electron chi connectivity index (χ2n) is 10.8. The van der Waals surface area contributed by atoms with E-state index in [2.05, 4.69) is 0 Å². The lowest BCUT2D eigenvalue weighted by atomic mass is 9.77. The van der Waals surface area contributed by atoms with Crippen LogP contribution < -0.4 is 4.90 Å². The molecule has 2 saturated heterocycles. The van der Waals surface area contributed by atoms with Crippen LogP contribution in [0.1, 0.15) is 38.5 Å². The molecule has 6 rings (SSSR count). The summed E-state index contributed by atoms with van der Waals surface area (Å²) in [5, 5.41) is 9.57. The Hall–Kier alpha value is -2.97. The number of ether oxygens (including phenoxy) is 1.